The molecule has 0 saturated heterocycles. The Hall–Kier alpha value is -1.55. The number of fused-ring (bicyclic) bond motifs is 1. The molecule has 0 radical (unpaired) electrons. The lowest BCUT2D eigenvalue weighted by Gasteiger charge is -2.16. The molecule has 1 aromatic carbocycles. The van der Waals surface area contributed by atoms with Gasteiger partial charge in [-0.1, -0.05) is 6.07 Å². The lowest BCUT2D eigenvalue weighted by Crippen LogP contribution is -2.00. The van der Waals surface area contributed by atoms with Crippen molar-refractivity contribution in [3.63, 3.8) is 0 Å². The van der Waals surface area contributed by atoms with Gasteiger partial charge in [-0.2, -0.15) is 0 Å². The van der Waals surface area contributed by atoms with Crippen LogP contribution in [0.15, 0.2) is 29.4 Å². The fourth-order valence-electron chi connectivity index (χ4n) is 2.39. The minimum atomic E-state index is 0.515. The van der Waals surface area contributed by atoms with Crippen molar-refractivity contribution in [2.24, 2.45) is 7.05 Å². The third-order valence-corrected chi connectivity index (χ3v) is 4.46. The predicted octanol–water partition coefficient (Wildman–Crippen LogP) is 2.94. The summed E-state index contributed by atoms with van der Waals surface area (Å²) in [6.45, 7) is 0. The number of carbonyl (C=O) groups is 1. The highest BCUT2D eigenvalue weighted by atomic mass is 32.2. The lowest BCUT2D eigenvalue weighted by molar-refractivity contribution is 0.112. The molecular weight excluding hydrogens is 244 g/mol. The number of aldehydes is 1. The zero-order valence-corrected chi connectivity index (χ0v) is 11.0. The molecule has 0 N–H and O–H groups in total. The molecule has 18 heavy (non-hydrogen) atoms. The van der Waals surface area contributed by atoms with Gasteiger partial charge in [-0.15, -0.1) is 11.8 Å². The Morgan fingerprint density at radius 2 is 2.33 bits per heavy atom. The van der Waals surface area contributed by atoms with Gasteiger partial charge in [-0.25, -0.2) is 4.98 Å². The average Bonchev–Trinajstić information content (AvgIpc) is 2.79. The fraction of sp³-hybridized carbons (Fsp3) is 0.286. The van der Waals surface area contributed by atoms with E-state index in [0.717, 1.165) is 24.0 Å². The van der Waals surface area contributed by atoms with Crippen LogP contribution in [0, 0.1) is 0 Å². The first kappa shape index (κ1) is 11.5. The molecule has 1 aliphatic heterocycles. The van der Waals surface area contributed by atoms with Crippen molar-refractivity contribution in [1.82, 2.24) is 9.55 Å². The van der Waals surface area contributed by atoms with Gasteiger partial charge >= 0.3 is 0 Å². The van der Waals surface area contributed by atoms with E-state index in [1.807, 2.05) is 23.4 Å². The van der Waals surface area contributed by atoms with Crippen LogP contribution in [0.1, 0.15) is 22.5 Å². The highest BCUT2D eigenvalue weighted by molar-refractivity contribution is 7.99. The summed E-state index contributed by atoms with van der Waals surface area (Å²) >= 11 is 1.92. The lowest BCUT2D eigenvalue weighted by atomic mass is 10.0. The van der Waals surface area contributed by atoms with E-state index in [9.17, 15) is 4.79 Å². The quantitative estimate of drug-likeness (QED) is 0.777. The van der Waals surface area contributed by atoms with E-state index in [-0.39, 0.29) is 0 Å². The number of carbonyl (C=O) groups excluding carboxylic acids is 1. The molecule has 0 amide bonds. The van der Waals surface area contributed by atoms with Crippen molar-refractivity contribution in [3.8, 4) is 11.3 Å². The van der Waals surface area contributed by atoms with Crippen molar-refractivity contribution in [2.75, 3.05) is 5.75 Å². The largest absolute Gasteiger partial charge is 0.333 e. The van der Waals surface area contributed by atoms with Crippen molar-refractivity contribution >= 4 is 18.0 Å². The zero-order valence-electron chi connectivity index (χ0n) is 10.2. The van der Waals surface area contributed by atoms with E-state index in [4.69, 9.17) is 0 Å². The molecule has 0 unspecified atom stereocenters. The molecule has 1 aromatic heterocycles. The van der Waals surface area contributed by atoms with E-state index < -0.39 is 0 Å². The van der Waals surface area contributed by atoms with Crippen LogP contribution in [-0.2, 0) is 13.5 Å². The number of imidazole rings is 1. The number of hydrogen-bond donors (Lipinski definition) is 0. The summed E-state index contributed by atoms with van der Waals surface area (Å²) in [5.74, 6) is 1.21. The Labute approximate surface area is 110 Å². The Morgan fingerprint density at radius 1 is 1.44 bits per heavy atom. The van der Waals surface area contributed by atoms with E-state index in [1.54, 1.807) is 6.33 Å². The number of aromatic nitrogens is 2. The summed E-state index contributed by atoms with van der Waals surface area (Å²) in [4.78, 5) is 16.5. The van der Waals surface area contributed by atoms with Gasteiger partial charge in [-0.05, 0) is 36.3 Å². The van der Waals surface area contributed by atoms with E-state index >= 15 is 0 Å². The molecule has 0 atom stereocenters. The standard InChI is InChI=1S/C14H14N2OS/c1-16-9-15-12(8-17)14(16)11-4-5-13-10(7-11)3-2-6-18-13/h4-5,7-9H,2-3,6H2,1H3. The summed E-state index contributed by atoms with van der Waals surface area (Å²) in [5, 5.41) is 0. The van der Waals surface area contributed by atoms with Gasteiger partial charge in [0.25, 0.3) is 0 Å². The summed E-state index contributed by atoms with van der Waals surface area (Å²) in [5.41, 5.74) is 3.89. The first-order chi connectivity index (χ1) is 8.79. The molecule has 1 aliphatic rings. The van der Waals surface area contributed by atoms with Crippen LogP contribution in [0.3, 0.4) is 0 Å². The van der Waals surface area contributed by atoms with Gasteiger partial charge in [0.15, 0.2) is 6.29 Å². The maximum atomic E-state index is 11.0. The molecule has 2 aromatic rings. The van der Waals surface area contributed by atoms with Gasteiger partial charge in [0.05, 0.1) is 12.0 Å². The molecule has 3 nitrogen and oxygen atoms in total. The van der Waals surface area contributed by atoms with E-state index in [1.165, 1.54) is 22.6 Å². The Bertz CT molecular complexity index is 604. The topological polar surface area (TPSA) is 34.9 Å². The van der Waals surface area contributed by atoms with E-state index in [0.29, 0.717) is 5.69 Å². The smallest absolute Gasteiger partial charge is 0.170 e. The number of nitrogens with zero attached hydrogens (tertiary/aromatic N) is 2. The number of benzene rings is 1. The van der Waals surface area contributed by atoms with Crippen molar-refractivity contribution < 1.29 is 4.79 Å². The third kappa shape index (κ3) is 1.86. The second kappa shape index (κ2) is 4.61. The van der Waals surface area contributed by atoms with Gasteiger partial charge in [0, 0.05) is 17.5 Å². The second-order valence-corrected chi connectivity index (χ2v) is 5.62. The number of aryl methyl sites for hydroxylation is 2. The molecular formula is C14H14N2OS. The first-order valence-electron chi connectivity index (χ1n) is 6.02. The number of thioether (sulfide) groups is 1. The molecule has 2 heterocycles. The fourth-order valence-corrected chi connectivity index (χ4v) is 3.41. The van der Waals surface area contributed by atoms with Gasteiger partial charge in [-0.3, -0.25) is 4.79 Å². The Balaban J connectivity index is 2.11. The number of rotatable bonds is 2. The van der Waals surface area contributed by atoms with Crippen LogP contribution in [0.4, 0.5) is 0 Å². The van der Waals surface area contributed by atoms with Gasteiger partial charge < -0.3 is 4.57 Å². The molecule has 3 rings (SSSR count). The van der Waals surface area contributed by atoms with Crippen molar-refractivity contribution in [3.05, 3.63) is 35.8 Å². The maximum Gasteiger partial charge on any atom is 0.170 e. The van der Waals surface area contributed by atoms with Crippen LogP contribution in [0.25, 0.3) is 11.3 Å². The predicted molar refractivity (Wildman–Crippen MR) is 73.1 cm³/mol. The molecule has 0 spiro atoms. The molecule has 92 valence electrons. The average molecular weight is 258 g/mol. The summed E-state index contributed by atoms with van der Waals surface area (Å²) in [6.07, 6.45) is 4.87. The van der Waals surface area contributed by atoms with Crippen LogP contribution >= 0.6 is 11.8 Å². The van der Waals surface area contributed by atoms with E-state index in [2.05, 4.69) is 23.2 Å². The van der Waals surface area contributed by atoms with Gasteiger partial charge in [0.1, 0.15) is 5.69 Å². The highest BCUT2D eigenvalue weighted by Crippen LogP contribution is 2.33. The highest BCUT2D eigenvalue weighted by Gasteiger charge is 2.14. The van der Waals surface area contributed by atoms with Crippen molar-refractivity contribution in [1.29, 1.82) is 0 Å². The van der Waals surface area contributed by atoms with Crippen LogP contribution < -0.4 is 0 Å². The third-order valence-electron chi connectivity index (χ3n) is 3.26. The summed E-state index contributed by atoms with van der Waals surface area (Å²) in [6, 6.07) is 6.45. The minimum Gasteiger partial charge on any atom is -0.333 e. The minimum absolute atomic E-state index is 0.515. The van der Waals surface area contributed by atoms with Crippen molar-refractivity contribution in [2.45, 2.75) is 17.7 Å². The molecule has 0 fully saturated rings. The monoisotopic (exact) mass is 258 g/mol. The molecule has 0 bridgehead atoms. The summed E-state index contributed by atoms with van der Waals surface area (Å²) in [7, 11) is 1.92. The number of hydrogen-bond acceptors (Lipinski definition) is 3. The molecule has 0 saturated carbocycles. The van der Waals surface area contributed by atoms with Crippen LogP contribution in [-0.4, -0.2) is 21.6 Å². The SMILES string of the molecule is Cn1cnc(C=O)c1-c1ccc2c(c1)CCCS2. The maximum absolute atomic E-state index is 11.0. The second-order valence-electron chi connectivity index (χ2n) is 4.48. The molecule has 0 aliphatic carbocycles. The normalized spacial score (nSPS) is 14.3. The Morgan fingerprint density at radius 3 is 3.17 bits per heavy atom. The van der Waals surface area contributed by atoms with Crippen LogP contribution in [0.5, 0.6) is 0 Å². The van der Waals surface area contributed by atoms with Gasteiger partial charge in [0.2, 0.25) is 0 Å². The first-order valence-corrected chi connectivity index (χ1v) is 7.01. The van der Waals surface area contributed by atoms with Crippen LogP contribution in [0.2, 0.25) is 0 Å². The summed E-state index contributed by atoms with van der Waals surface area (Å²) < 4.78 is 1.90. The molecule has 4 heteroatoms. The Kier molecular flexibility index (Phi) is 2.96. The zero-order chi connectivity index (χ0) is 12.5.